The zero-order chi connectivity index (χ0) is 24.6. The lowest BCUT2D eigenvalue weighted by atomic mass is 9.43. The molecule has 34 heavy (non-hydrogen) atoms. The van der Waals surface area contributed by atoms with Crippen molar-refractivity contribution < 1.29 is 29.6 Å². The van der Waals surface area contributed by atoms with Crippen LogP contribution < -0.4 is 0 Å². The fourth-order valence-corrected chi connectivity index (χ4v) is 9.22. The van der Waals surface area contributed by atoms with Crippen molar-refractivity contribution in [3.8, 4) is 0 Å². The third-order valence-electron chi connectivity index (χ3n) is 11.3. The van der Waals surface area contributed by atoms with Crippen LogP contribution in [0.4, 0.5) is 0 Å². The maximum atomic E-state index is 13.2. The number of cyclic esters (lactones) is 1. The minimum Gasteiger partial charge on any atom is -0.458 e. The molecule has 6 heteroatoms. The number of fused-ring (bicyclic) bond motifs is 5. The molecule has 0 unspecified atom stereocenters. The van der Waals surface area contributed by atoms with Gasteiger partial charge in [0.15, 0.2) is 5.78 Å². The van der Waals surface area contributed by atoms with E-state index < -0.39 is 23.1 Å². The van der Waals surface area contributed by atoms with Crippen molar-refractivity contribution in [1.29, 1.82) is 0 Å². The maximum Gasteiger partial charge on any atom is 0.336 e. The number of aliphatic hydroxyl groups excluding tert-OH is 2. The third-order valence-corrected chi connectivity index (χ3v) is 11.3. The third kappa shape index (κ3) is 3.04. The normalized spacial score (nSPS) is 49.3. The standard InChI is InChI=1S/C28H40O6/c1-15-12-22(34-25(32)18(15)14-29)16(2)19-7-8-20-17-13-24(31)28(33)10-5-6-23(30)27(28,4)21(17)9-11-26(19,20)3/h5-6,16-17,19-22,24,29,31,33H,7-14H2,1-4H3/t16-,17-,19+,20-,21-,22-,24+,26+,27-,28-/m0/s1. The minimum atomic E-state index is -1.39. The zero-order valence-corrected chi connectivity index (χ0v) is 20.9. The molecule has 0 aromatic rings. The smallest absolute Gasteiger partial charge is 0.336 e. The van der Waals surface area contributed by atoms with Gasteiger partial charge in [-0.05, 0) is 93.5 Å². The molecule has 188 valence electrons. The van der Waals surface area contributed by atoms with Gasteiger partial charge in [0.25, 0.3) is 0 Å². The molecule has 5 rings (SSSR count). The number of aliphatic hydroxyl groups is 3. The molecule has 0 amide bonds. The van der Waals surface area contributed by atoms with E-state index in [1.165, 1.54) is 0 Å². The first-order valence-electron chi connectivity index (χ1n) is 13.1. The lowest BCUT2D eigenvalue weighted by molar-refractivity contribution is -0.232. The highest BCUT2D eigenvalue weighted by molar-refractivity contribution is 5.97. The van der Waals surface area contributed by atoms with Crippen LogP contribution >= 0.6 is 0 Å². The minimum absolute atomic E-state index is 0.0426. The maximum absolute atomic E-state index is 13.2. The number of esters is 1. The van der Waals surface area contributed by atoms with E-state index in [2.05, 4.69) is 13.8 Å². The van der Waals surface area contributed by atoms with Gasteiger partial charge in [0.1, 0.15) is 11.7 Å². The molecule has 0 radical (unpaired) electrons. The second kappa shape index (κ2) is 8.01. The Bertz CT molecular complexity index is 953. The summed E-state index contributed by atoms with van der Waals surface area (Å²) in [6, 6.07) is 0. The van der Waals surface area contributed by atoms with E-state index in [0.717, 1.165) is 31.3 Å². The quantitative estimate of drug-likeness (QED) is 0.545. The summed E-state index contributed by atoms with van der Waals surface area (Å²) in [7, 11) is 0. The molecule has 0 bridgehead atoms. The van der Waals surface area contributed by atoms with Gasteiger partial charge in [0.2, 0.25) is 0 Å². The van der Waals surface area contributed by atoms with Gasteiger partial charge in [0.05, 0.1) is 23.7 Å². The zero-order valence-electron chi connectivity index (χ0n) is 20.9. The number of allylic oxidation sites excluding steroid dienone is 1. The Morgan fingerprint density at radius 2 is 1.91 bits per heavy atom. The van der Waals surface area contributed by atoms with E-state index in [9.17, 15) is 24.9 Å². The highest BCUT2D eigenvalue weighted by Crippen LogP contribution is 2.68. The molecular formula is C28H40O6. The summed E-state index contributed by atoms with van der Waals surface area (Å²) < 4.78 is 5.81. The lowest BCUT2D eigenvalue weighted by Gasteiger charge is -2.63. The number of hydrogen-bond donors (Lipinski definition) is 3. The molecule has 3 N–H and O–H groups in total. The predicted octanol–water partition coefficient (Wildman–Crippen LogP) is 3.34. The van der Waals surface area contributed by atoms with Gasteiger partial charge in [-0.3, -0.25) is 4.79 Å². The van der Waals surface area contributed by atoms with Crippen LogP contribution in [0.5, 0.6) is 0 Å². The Morgan fingerprint density at radius 1 is 1.18 bits per heavy atom. The van der Waals surface area contributed by atoms with E-state index in [0.29, 0.717) is 36.7 Å². The Labute approximate surface area is 202 Å². The fraction of sp³-hybridized carbons (Fsp3) is 0.786. The van der Waals surface area contributed by atoms with Crippen molar-refractivity contribution in [2.24, 2.45) is 40.4 Å². The molecule has 0 saturated heterocycles. The van der Waals surface area contributed by atoms with Gasteiger partial charge < -0.3 is 20.1 Å². The first-order valence-corrected chi connectivity index (χ1v) is 13.1. The first-order chi connectivity index (χ1) is 16.0. The van der Waals surface area contributed by atoms with Crippen LogP contribution in [-0.2, 0) is 14.3 Å². The van der Waals surface area contributed by atoms with Crippen LogP contribution in [-0.4, -0.2) is 51.5 Å². The van der Waals surface area contributed by atoms with Gasteiger partial charge in [-0.2, -0.15) is 0 Å². The van der Waals surface area contributed by atoms with E-state index in [1.807, 2.05) is 13.8 Å². The molecule has 0 spiro atoms. The average Bonchev–Trinajstić information content (AvgIpc) is 3.13. The molecule has 3 fully saturated rings. The number of hydrogen-bond acceptors (Lipinski definition) is 6. The van der Waals surface area contributed by atoms with Crippen LogP contribution in [0.25, 0.3) is 0 Å². The number of carbonyl (C=O) groups excluding carboxylic acids is 2. The number of ketones is 1. The summed E-state index contributed by atoms with van der Waals surface area (Å²) in [6.07, 6.45) is 7.69. The van der Waals surface area contributed by atoms with Gasteiger partial charge in [-0.25, -0.2) is 4.79 Å². The van der Waals surface area contributed by atoms with Crippen molar-refractivity contribution >= 4 is 11.8 Å². The monoisotopic (exact) mass is 472 g/mol. The van der Waals surface area contributed by atoms with E-state index in [-0.39, 0.29) is 41.7 Å². The van der Waals surface area contributed by atoms with Crippen LogP contribution in [0.3, 0.4) is 0 Å². The van der Waals surface area contributed by atoms with Gasteiger partial charge >= 0.3 is 5.97 Å². The molecule has 4 aliphatic carbocycles. The summed E-state index contributed by atoms with van der Waals surface area (Å²) in [5.41, 5.74) is -0.977. The molecule has 3 saturated carbocycles. The van der Waals surface area contributed by atoms with Crippen LogP contribution in [0.2, 0.25) is 0 Å². The predicted molar refractivity (Wildman–Crippen MR) is 126 cm³/mol. The van der Waals surface area contributed by atoms with Crippen molar-refractivity contribution in [3.05, 3.63) is 23.3 Å². The summed E-state index contributed by atoms with van der Waals surface area (Å²) in [5.74, 6) is 0.768. The van der Waals surface area contributed by atoms with E-state index >= 15 is 0 Å². The highest BCUT2D eigenvalue weighted by Gasteiger charge is 2.69. The summed E-state index contributed by atoms with van der Waals surface area (Å²) in [4.78, 5) is 25.6. The topological polar surface area (TPSA) is 104 Å². The van der Waals surface area contributed by atoms with Crippen molar-refractivity contribution in [3.63, 3.8) is 0 Å². The van der Waals surface area contributed by atoms with Crippen LogP contribution in [0.1, 0.15) is 72.6 Å². The molecular weight excluding hydrogens is 432 g/mol. The molecule has 0 aromatic carbocycles. The summed E-state index contributed by atoms with van der Waals surface area (Å²) in [5, 5.41) is 32.2. The van der Waals surface area contributed by atoms with E-state index in [4.69, 9.17) is 4.74 Å². The molecule has 10 atom stereocenters. The van der Waals surface area contributed by atoms with Crippen LogP contribution in [0.15, 0.2) is 23.3 Å². The Balaban J connectivity index is 1.42. The first kappa shape index (κ1) is 24.2. The molecule has 1 heterocycles. The van der Waals surface area contributed by atoms with Crippen molar-refractivity contribution in [2.45, 2.75) is 90.4 Å². The average molecular weight is 473 g/mol. The van der Waals surface area contributed by atoms with Gasteiger partial charge in [0, 0.05) is 6.42 Å². The number of ether oxygens (including phenoxy) is 1. The molecule has 1 aliphatic heterocycles. The second-order valence-electron chi connectivity index (χ2n) is 12.4. The second-order valence-corrected chi connectivity index (χ2v) is 12.4. The Morgan fingerprint density at radius 3 is 2.59 bits per heavy atom. The Kier molecular flexibility index (Phi) is 5.70. The SMILES string of the molecule is CC1=C(CO)C(=O)O[C@H]([C@@H](C)[C@H]2CC[C@H]3[C@@H]4C[C@@H](O)[C@@]5(O)CC=CC(=O)[C@]5(C)[C@H]4CC[C@]23C)C1. The van der Waals surface area contributed by atoms with Crippen molar-refractivity contribution in [1.82, 2.24) is 0 Å². The molecule has 0 aromatic heterocycles. The van der Waals surface area contributed by atoms with Crippen LogP contribution in [0, 0.1) is 40.4 Å². The largest absolute Gasteiger partial charge is 0.458 e. The Hall–Kier alpha value is -1.50. The van der Waals surface area contributed by atoms with Gasteiger partial charge in [-0.1, -0.05) is 25.5 Å². The fourth-order valence-electron chi connectivity index (χ4n) is 9.22. The summed E-state index contributed by atoms with van der Waals surface area (Å²) >= 11 is 0. The highest BCUT2D eigenvalue weighted by atomic mass is 16.5. The number of rotatable bonds is 3. The van der Waals surface area contributed by atoms with Crippen molar-refractivity contribution in [2.75, 3.05) is 6.61 Å². The lowest BCUT2D eigenvalue weighted by Crippen LogP contribution is -2.69. The molecule has 5 aliphatic rings. The summed E-state index contributed by atoms with van der Waals surface area (Å²) in [6.45, 7) is 8.10. The van der Waals surface area contributed by atoms with E-state index in [1.54, 1.807) is 12.2 Å². The molecule has 6 nitrogen and oxygen atoms in total. The van der Waals surface area contributed by atoms with Gasteiger partial charge in [-0.15, -0.1) is 0 Å². The number of carbonyl (C=O) groups is 2.